The predicted octanol–water partition coefficient (Wildman–Crippen LogP) is 0.851. The predicted molar refractivity (Wildman–Crippen MR) is 44.4 cm³/mol. The van der Waals surface area contributed by atoms with Crippen LogP contribution in [0.5, 0.6) is 0 Å². The van der Waals surface area contributed by atoms with E-state index in [4.69, 9.17) is 5.11 Å². The van der Waals surface area contributed by atoms with Gasteiger partial charge in [-0.25, -0.2) is 0 Å². The molecule has 0 aromatic heterocycles. The Morgan fingerprint density at radius 2 is 2.18 bits per heavy atom. The van der Waals surface area contributed by atoms with Gasteiger partial charge in [0.1, 0.15) is 0 Å². The standard InChI is InChI=1S/C9H17NO/c1-10(8-3-2-4-8)9-5-7(9)6-11/h7-9,11H,2-6H2,1H3. The molecule has 64 valence electrons. The van der Waals surface area contributed by atoms with E-state index in [1.165, 1.54) is 25.7 Å². The Labute approximate surface area is 68.2 Å². The maximum Gasteiger partial charge on any atom is 0.0474 e. The first-order valence-corrected chi connectivity index (χ1v) is 4.65. The Balaban J connectivity index is 1.77. The van der Waals surface area contributed by atoms with Crippen LogP contribution in [0, 0.1) is 5.92 Å². The summed E-state index contributed by atoms with van der Waals surface area (Å²) in [6.45, 7) is 0.391. The van der Waals surface area contributed by atoms with E-state index in [0.717, 1.165) is 6.04 Å². The molecule has 2 fully saturated rings. The fourth-order valence-corrected chi connectivity index (χ4v) is 1.99. The van der Waals surface area contributed by atoms with Gasteiger partial charge in [-0.2, -0.15) is 0 Å². The van der Waals surface area contributed by atoms with Crippen LogP contribution >= 0.6 is 0 Å². The van der Waals surface area contributed by atoms with Crippen LogP contribution in [0.4, 0.5) is 0 Å². The summed E-state index contributed by atoms with van der Waals surface area (Å²) >= 11 is 0. The first-order valence-electron chi connectivity index (χ1n) is 4.65. The third kappa shape index (κ3) is 1.30. The van der Waals surface area contributed by atoms with Gasteiger partial charge in [0.15, 0.2) is 0 Å². The topological polar surface area (TPSA) is 23.5 Å². The van der Waals surface area contributed by atoms with Crippen molar-refractivity contribution in [2.75, 3.05) is 13.7 Å². The molecule has 0 amide bonds. The Bertz CT molecular complexity index is 144. The van der Waals surface area contributed by atoms with Gasteiger partial charge in [-0.3, -0.25) is 0 Å². The minimum absolute atomic E-state index is 0.391. The van der Waals surface area contributed by atoms with Gasteiger partial charge in [0.05, 0.1) is 0 Å². The molecule has 2 saturated carbocycles. The van der Waals surface area contributed by atoms with Crippen molar-refractivity contribution < 1.29 is 5.11 Å². The molecule has 0 spiro atoms. The zero-order valence-corrected chi connectivity index (χ0v) is 7.16. The summed E-state index contributed by atoms with van der Waals surface area (Å²) in [6.07, 6.45) is 5.39. The molecule has 2 aliphatic rings. The monoisotopic (exact) mass is 155 g/mol. The van der Waals surface area contributed by atoms with E-state index in [9.17, 15) is 0 Å². The van der Waals surface area contributed by atoms with Crippen LogP contribution in [0.3, 0.4) is 0 Å². The highest BCUT2D eigenvalue weighted by Gasteiger charge is 2.42. The number of aliphatic hydroxyl groups excluding tert-OH is 1. The lowest BCUT2D eigenvalue weighted by molar-refractivity contribution is 0.137. The maximum atomic E-state index is 8.87. The molecule has 2 aliphatic carbocycles. The average Bonchev–Trinajstić information content (AvgIpc) is 2.60. The van der Waals surface area contributed by atoms with Crippen LogP contribution < -0.4 is 0 Å². The van der Waals surface area contributed by atoms with E-state index in [2.05, 4.69) is 11.9 Å². The fraction of sp³-hybridized carbons (Fsp3) is 1.00. The first-order chi connectivity index (χ1) is 5.33. The van der Waals surface area contributed by atoms with Crippen LogP contribution in [0.15, 0.2) is 0 Å². The van der Waals surface area contributed by atoms with E-state index in [1.807, 2.05) is 0 Å². The van der Waals surface area contributed by atoms with Gasteiger partial charge >= 0.3 is 0 Å². The minimum atomic E-state index is 0.391. The van der Waals surface area contributed by atoms with Crippen LogP contribution in [0.2, 0.25) is 0 Å². The van der Waals surface area contributed by atoms with Crippen molar-refractivity contribution in [1.29, 1.82) is 0 Å². The highest BCUT2D eigenvalue weighted by Crippen LogP contribution is 2.38. The zero-order valence-electron chi connectivity index (χ0n) is 7.16. The van der Waals surface area contributed by atoms with Gasteiger partial charge in [-0.05, 0) is 32.2 Å². The van der Waals surface area contributed by atoms with Gasteiger partial charge in [0, 0.05) is 18.7 Å². The summed E-state index contributed by atoms with van der Waals surface area (Å²) < 4.78 is 0. The smallest absolute Gasteiger partial charge is 0.0474 e. The Kier molecular flexibility index (Phi) is 1.90. The lowest BCUT2D eigenvalue weighted by Gasteiger charge is -2.35. The lowest BCUT2D eigenvalue weighted by atomic mass is 9.92. The van der Waals surface area contributed by atoms with E-state index in [-0.39, 0.29) is 0 Å². The zero-order chi connectivity index (χ0) is 7.84. The van der Waals surface area contributed by atoms with Crippen molar-refractivity contribution in [2.24, 2.45) is 5.92 Å². The molecule has 0 aliphatic heterocycles. The molecule has 0 saturated heterocycles. The number of hydrogen-bond acceptors (Lipinski definition) is 2. The molecule has 2 nitrogen and oxygen atoms in total. The highest BCUT2D eigenvalue weighted by atomic mass is 16.3. The van der Waals surface area contributed by atoms with E-state index in [1.54, 1.807) is 0 Å². The molecular formula is C9H17NO. The summed E-state index contributed by atoms with van der Waals surface area (Å²) in [7, 11) is 2.21. The third-order valence-electron chi connectivity index (χ3n) is 3.29. The molecule has 0 bridgehead atoms. The van der Waals surface area contributed by atoms with Crippen molar-refractivity contribution in [3.63, 3.8) is 0 Å². The molecule has 0 radical (unpaired) electrons. The molecule has 0 heterocycles. The van der Waals surface area contributed by atoms with Gasteiger partial charge in [-0.15, -0.1) is 0 Å². The van der Waals surface area contributed by atoms with Crippen LogP contribution in [-0.2, 0) is 0 Å². The molecule has 2 unspecified atom stereocenters. The molecule has 1 N–H and O–H groups in total. The fourth-order valence-electron chi connectivity index (χ4n) is 1.99. The molecule has 2 atom stereocenters. The molecule has 2 heteroatoms. The first kappa shape index (κ1) is 7.56. The van der Waals surface area contributed by atoms with Crippen molar-refractivity contribution in [2.45, 2.75) is 37.8 Å². The Morgan fingerprint density at radius 3 is 2.55 bits per heavy atom. The van der Waals surface area contributed by atoms with Crippen molar-refractivity contribution in [1.82, 2.24) is 4.90 Å². The minimum Gasteiger partial charge on any atom is -0.396 e. The van der Waals surface area contributed by atoms with Gasteiger partial charge in [0.25, 0.3) is 0 Å². The number of rotatable bonds is 3. The summed E-state index contributed by atoms with van der Waals surface area (Å²) in [4.78, 5) is 2.48. The second-order valence-corrected chi connectivity index (χ2v) is 4.00. The van der Waals surface area contributed by atoms with Crippen molar-refractivity contribution >= 4 is 0 Å². The van der Waals surface area contributed by atoms with Crippen LogP contribution in [-0.4, -0.2) is 35.7 Å². The van der Waals surface area contributed by atoms with E-state index < -0.39 is 0 Å². The number of hydrogen-bond donors (Lipinski definition) is 1. The van der Waals surface area contributed by atoms with Crippen LogP contribution in [0.25, 0.3) is 0 Å². The summed E-state index contributed by atoms with van der Waals surface area (Å²) in [5.41, 5.74) is 0. The Hall–Kier alpha value is -0.0800. The summed E-state index contributed by atoms with van der Waals surface area (Å²) in [6, 6.07) is 1.56. The van der Waals surface area contributed by atoms with E-state index in [0.29, 0.717) is 18.6 Å². The normalized spacial score (nSPS) is 37.4. The van der Waals surface area contributed by atoms with Gasteiger partial charge in [-0.1, -0.05) is 6.42 Å². The molecule has 2 rings (SSSR count). The van der Waals surface area contributed by atoms with Crippen molar-refractivity contribution in [3.05, 3.63) is 0 Å². The molecular weight excluding hydrogens is 138 g/mol. The second-order valence-electron chi connectivity index (χ2n) is 4.00. The third-order valence-corrected chi connectivity index (χ3v) is 3.29. The SMILES string of the molecule is CN(C1CCC1)C1CC1CO. The molecule has 11 heavy (non-hydrogen) atoms. The largest absolute Gasteiger partial charge is 0.396 e. The summed E-state index contributed by atoms with van der Waals surface area (Å²) in [5.74, 6) is 0.598. The quantitative estimate of drug-likeness (QED) is 0.653. The Morgan fingerprint density at radius 1 is 1.45 bits per heavy atom. The average molecular weight is 155 g/mol. The summed E-state index contributed by atoms with van der Waals surface area (Å²) in [5, 5.41) is 8.87. The van der Waals surface area contributed by atoms with Crippen molar-refractivity contribution in [3.8, 4) is 0 Å². The molecule has 0 aromatic rings. The van der Waals surface area contributed by atoms with Crippen LogP contribution in [0.1, 0.15) is 25.7 Å². The second kappa shape index (κ2) is 2.76. The highest BCUT2D eigenvalue weighted by molar-refractivity contribution is 4.97. The van der Waals surface area contributed by atoms with Gasteiger partial charge < -0.3 is 10.0 Å². The molecule has 0 aromatic carbocycles. The van der Waals surface area contributed by atoms with E-state index >= 15 is 0 Å². The number of aliphatic hydroxyl groups is 1. The van der Waals surface area contributed by atoms with Gasteiger partial charge in [0.2, 0.25) is 0 Å². The number of nitrogens with zero attached hydrogens (tertiary/aromatic N) is 1. The maximum absolute atomic E-state index is 8.87. The lowest BCUT2D eigenvalue weighted by Crippen LogP contribution is -2.39.